The summed E-state index contributed by atoms with van der Waals surface area (Å²) in [6.07, 6.45) is 3.09. The summed E-state index contributed by atoms with van der Waals surface area (Å²) in [5.74, 6) is -0.191. The van der Waals surface area contributed by atoms with E-state index in [2.05, 4.69) is 4.98 Å². The van der Waals surface area contributed by atoms with E-state index in [1.54, 1.807) is 4.90 Å². The molecular formula is C11H14ClN3O2. The predicted molar refractivity (Wildman–Crippen MR) is 64.8 cm³/mol. The third-order valence-electron chi connectivity index (χ3n) is 2.98. The molecule has 1 atom stereocenters. The Labute approximate surface area is 104 Å². The highest BCUT2D eigenvalue weighted by Gasteiger charge is 2.29. The molecule has 2 heterocycles. The van der Waals surface area contributed by atoms with Crippen molar-refractivity contribution in [3.8, 4) is 0 Å². The van der Waals surface area contributed by atoms with Gasteiger partial charge >= 0.3 is 0 Å². The highest BCUT2D eigenvalue weighted by Crippen LogP contribution is 2.23. The van der Waals surface area contributed by atoms with Gasteiger partial charge in [0.15, 0.2) is 0 Å². The average molecular weight is 256 g/mol. The lowest BCUT2D eigenvalue weighted by Crippen LogP contribution is -2.38. The van der Waals surface area contributed by atoms with E-state index in [9.17, 15) is 9.90 Å². The van der Waals surface area contributed by atoms with Gasteiger partial charge in [0.25, 0.3) is 5.91 Å². The van der Waals surface area contributed by atoms with Crippen molar-refractivity contribution < 1.29 is 9.90 Å². The molecule has 5 nitrogen and oxygen atoms in total. The molecular weight excluding hydrogens is 242 g/mol. The Kier molecular flexibility index (Phi) is 3.49. The molecule has 0 aliphatic carbocycles. The van der Waals surface area contributed by atoms with E-state index in [0.29, 0.717) is 17.8 Å². The van der Waals surface area contributed by atoms with E-state index in [4.69, 9.17) is 17.3 Å². The summed E-state index contributed by atoms with van der Waals surface area (Å²) in [7, 11) is 0. The minimum absolute atomic E-state index is 0.0234. The molecule has 0 bridgehead atoms. The molecule has 0 spiro atoms. The van der Waals surface area contributed by atoms with E-state index >= 15 is 0 Å². The largest absolute Gasteiger partial charge is 0.397 e. The summed E-state index contributed by atoms with van der Waals surface area (Å²) in [6.45, 7) is 0.619. The molecule has 1 aromatic heterocycles. The second kappa shape index (κ2) is 4.89. The Morgan fingerprint density at radius 2 is 2.47 bits per heavy atom. The normalized spacial score (nSPS) is 19.6. The number of hydrogen-bond acceptors (Lipinski definition) is 4. The van der Waals surface area contributed by atoms with Crippen LogP contribution < -0.4 is 5.73 Å². The van der Waals surface area contributed by atoms with Crippen LogP contribution in [-0.4, -0.2) is 40.1 Å². The number of halogens is 1. The number of likely N-dealkylation sites (tertiary alicyclic amines) is 1. The van der Waals surface area contributed by atoms with Gasteiger partial charge in [-0.2, -0.15) is 0 Å². The monoisotopic (exact) mass is 255 g/mol. The molecule has 1 aliphatic heterocycles. The summed E-state index contributed by atoms with van der Waals surface area (Å²) >= 11 is 5.75. The van der Waals surface area contributed by atoms with Crippen LogP contribution in [0.3, 0.4) is 0 Å². The van der Waals surface area contributed by atoms with Crippen LogP contribution in [-0.2, 0) is 0 Å². The first-order valence-electron chi connectivity index (χ1n) is 5.46. The third kappa shape index (κ3) is 2.35. The maximum atomic E-state index is 12.2. The zero-order valence-corrected chi connectivity index (χ0v) is 10.0. The zero-order chi connectivity index (χ0) is 12.4. The number of amides is 1. The maximum absolute atomic E-state index is 12.2. The van der Waals surface area contributed by atoms with Crippen molar-refractivity contribution >= 4 is 23.2 Å². The summed E-state index contributed by atoms with van der Waals surface area (Å²) in [5.41, 5.74) is 6.37. The van der Waals surface area contributed by atoms with Crippen LogP contribution in [0.4, 0.5) is 5.69 Å². The number of nitrogens with zero attached hydrogens (tertiary/aromatic N) is 2. The molecule has 0 unspecified atom stereocenters. The topological polar surface area (TPSA) is 79.5 Å². The number of anilines is 1. The lowest BCUT2D eigenvalue weighted by atomic mass is 10.2. The second-order valence-electron chi connectivity index (χ2n) is 4.07. The van der Waals surface area contributed by atoms with E-state index in [-0.39, 0.29) is 23.7 Å². The fourth-order valence-corrected chi connectivity index (χ4v) is 2.23. The zero-order valence-electron chi connectivity index (χ0n) is 9.27. The van der Waals surface area contributed by atoms with Gasteiger partial charge in [0, 0.05) is 6.54 Å². The number of aliphatic hydroxyl groups is 1. The quantitative estimate of drug-likeness (QED) is 0.770. The summed E-state index contributed by atoms with van der Waals surface area (Å²) in [6, 6.07) is 1.35. The molecule has 1 amide bonds. The third-order valence-corrected chi connectivity index (χ3v) is 3.19. The molecule has 92 valence electrons. The summed E-state index contributed by atoms with van der Waals surface area (Å²) in [5, 5.41) is 9.43. The van der Waals surface area contributed by atoms with Crippen LogP contribution in [0.25, 0.3) is 0 Å². The van der Waals surface area contributed by atoms with Crippen LogP contribution in [0.2, 0.25) is 5.15 Å². The second-order valence-corrected chi connectivity index (χ2v) is 4.46. The summed E-state index contributed by atoms with van der Waals surface area (Å²) in [4.78, 5) is 17.7. The van der Waals surface area contributed by atoms with Gasteiger partial charge < -0.3 is 15.7 Å². The Bertz CT molecular complexity index is 439. The van der Waals surface area contributed by atoms with Gasteiger partial charge in [-0.15, -0.1) is 0 Å². The van der Waals surface area contributed by atoms with E-state index < -0.39 is 0 Å². The van der Waals surface area contributed by atoms with Gasteiger partial charge in [-0.1, -0.05) is 11.6 Å². The smallest absolute Gasteiger partial charge is 0.256 e. The molecule has 17 heavy (non-hydrogen) atoms. The van der Waals surface area contributed by atoms with Crippen molar-refractivity contribution in [1.82, 2.24) is 9.88 Å². The van der Waals surface area contributed by atoms with Crippen molar-refractivity contribution in [2.45, 2.75) is 18.9 Å². The Morgan fingerprint density at radius 1 is 1.71 bits per heavy atom. The minimum Gasteiger partial charge on any atom is -0.397 e. The van der Waals surface area contributed by atoms with Crippen LogP contribution >= 0.6 is 11.6 Å². The summed E-state index contributed by atoms with van der Waals surface area (Å²) < 4.78 is 0. The fourth-order valence-electron chi connectivity index (χ4n) is 2.07. The fraction of sp³-hybridized carbons (Fsp3) is 0.455. The molecule has 2 rings (SSSR count). The molecule has 6 heteroatoms. The number of aliphatic hydroxyl groups excluding tert-OH is 1. The SMILES string of the molecule is Nc1cnc(Cl)cc1C(=O)N1CCC[C@H]1CO. The first-order chi connectivity index (χ1) is 8.13. The van der Waals surface area contributed by atoms with E-state index in [0.717, 1.165) is 12.8 Å². The minimum atomic E-state index is -0.191. The highest BCUT2D eigenvalue weighted by molar-refractivity contribution is 6.29. The number of rotatable bonds is 2. The van der Waals surface area contributed by atoms with Crippen LogP contribution in [0.1, 0.15) is 23.2 Å². The van der Waals surface area contributed by atoms with Gasteiger partial charge in [-0.25, -0.2) is 4.98 Å². The van der Waals surface area contributed by atoms with Crippen molar-refractivity contribution in [2.75, 3.05) is 18.9 Å². The predicted octanol–water partition coefficient (Wildman–Crippen LogP) is 0.914. The van der Waals surface area contributed by atoms with Gasteiger partial charge in [0.2, 0.25) is 0 Å². The number of nitrogen functional groups attached to an aromatic ring is 1. The van der Waals surface area contributed by atoms with Crippen LogP contribution in [0.15, 0.2) is 12.3 Å². The Balaban J connectivity index is 2.27. The Hall–Kier alpha value is -1.33. The number of carbonyl (C=O) groups excluding carboxylic acids is 1. The number of carbonyl (C=O) groups is 1. The van der Waals surface area contributed by atoms with Crippen molar-refractivity contribution in [2.24, 2.45) is 0 Å². The van der Waals surface area contributed by atoms with Crippen LogP contribution in [0.5, 0.6) is 0 Å². The Morgan fingerprint density at radius 3 is 3.18 bits per heavy atom. The average Bonchev–Trinajstić information content (AvgIpc) is 2.79. The maximum Gasteiger partial charge on any atom is 0.256 e. The van der Waals surface area contributed by atoms with Gasteiger partial charge in [0.1, 0.15) is 5.15 Å². The molecule has 1 aromatic rings. The molecule has 0 saturated carbocycles. The first-order valence-corrected chi connectivity index (χ1v) is 5.84. The number of aromatic nitrogens is 1. The number of pyridine rings is 1. The molecule has 1 aliphatic rings. The van der Waals surface area contributed by atoms with Crippen molar-refractivity contribution in [3.63, 3.8) is 0 Å². The first kappa shape index (κ1) is 12.1. The molecule has 1 fully saturated rings. The highest BCUT2D eigenvalue weighted by atomic mass is 35.5. The lowest BCUT2D eigenvalue weighted by Gasteiger charge is -2.23. The van der Waals surface area contributed by atoms with Gasteiger partial charge in [0.05, 0.1) is 30.1 Å². The number of nitrogens with two attached hydrogens (primary N) is 1. The lowest BCUT2D eigenvalue weighted by molar-refractivity contribution is 0.0678. The standard InChI is InChI=1S/C11H14ClN3O2/c12-10-4-8(9(13)5-14-10)11(17)15-3-1-2-7(15)6-16/h4-5,7,16H,1-3,6,13H2/t7-/m0/s1. The molecule has 3 N–H and O–H groups in total. The number of hydrogen-bond donors (Lipinski definition) is 2. The van der Waals surface area contributed by atoms with Gasteiger partial charge in [-0.05, 0) is 18.9 Å². The van der Waals surface area contributed by atoms with Gasteiger partial charge in [-0.3, -0.25) is 4.79 Å². The van der Waals surface area contributed by atoms with Crippen LogP contribution in [0, 0.1) is 0 Å². The van der Waals surface area contributed by atoms with E-state index in [1.807, 2.05) is 0 Å². The molecule has 0 aromatic carbocycles. The molecule has 0 radical (unpaired) electrons. The molecule has 1 saturated heterocycles. The van der Waals surface area contributed by atoms with E-state index in [1.165, 1.54) is 12.3 Å². The van der Waals surface area contributed by atoms with Crippen molar-refractivity contribution in [3.05, 3.63) is 23.0 Å². The van der Waals surface area contributed by atoms with Crippen molar-refractivity contribution in [1.29, 1.82) is 0 Å².